The quantitative estimate of drug-likeness (QED) is 0.544. The number of hydrogen-bond acceptors (Lipinski definition) is 2. The van der Waals surface area contributed by atoms with Crippen LogP contribution in [-0.4, -0.2) is 15.7 Å². The first-order valence-corrected chi connectivity index (χ1v) is 8.34. The van der Waals surface area contributed by atoms with Gasteiger partial charge >= 0.3 is 0 Å². The molecule has 1 unspecified atom stereocenters. The zero-order valence-corrected chi connectivity index (χ0v) is 13.5. The van der Waals surface area contributed by atoms with Gasteiger partial charge in [-0.25, -0.2) is 4.98 Å². The first kappa shape index (κ1) is 15.2. The van der Waals surface area contributed by atoms with Crippen molar-refractivity contribution in [3.63, 3.8) is 0 Å². The Morgan fingerprint density at radius 3 is 2.85 bits per heavy atom. The van der Waals surface area contributed by atoms with Gasteiger partial charge in [-0.05, 0) is 51.2 Å². The number of para-hydroxylation sites is 2. The van der Waals surface area contributed by atoms with E-state index in [1.54, 1.807) is 0 Å². The van der Waals surface area contributed by atoms with Gasteiger partial charge in [0.05, 0.1) is 11.0 Å². The van der Waals surface area contributed by atoms with Crippen LogP contribution in [0.15, 0.2) is 41.1 Å². The van der Waals surface area contributed by atoms with Crippen LogP contribution in [0, 0.1) is 5.92 Å². The second-order valence-corrected chi connectivity index (χ2v) is 6.74. The summed E-state index contributed by atoms with van der Waals surface area (Å²) in [5.41, 5.74) is 3.62. The Kier molecular flexibility index (Phi) is 5.72. The second kappa shape index (κ2) is 7.53. The number of aromatic amines is 1. The number of fused-ring (bicyclic) bond motifs is 1. The molecule has 0 aliphatic heterocycles. The fourth-order valence-electron chi connectivity index (χ4n) is 2.16. The van der Waals surface area contributed by atoms with Crippen molar-refractivity contribution in [3.05, 3.63) is 35.9 Å². The Balaban J connectivity index is 1.73. The summed E-state index contributed by atoms with van der Waals surface area (Å²) >= 11 is 1.83. The van der Waals surface area contributed by atoms with Crippen molar-refractivity contribution >= 4 is 22.8 Å². The minimum Gasteiger partial charge on any atom is -0.333 e. The van der Waals surface area contributed by atoms with Crippen LogP contribution >= 0.6 is 11.8 Å². The highest BCUT2D eigenvalue weighted by Crippen LogP contribution is 2.22. The van der Waals surface area contributed by atoms with E-state index in [0.717, 1.165) is 27.9 Å². The Morgan fingerprint density at radius 2 is 2.10 bits per heavy atom. The van der Waals surface area contributed by atoms with Crippen LogP contribution in [0.5, 0.6) is 0 Å². The average molecular weight is 288 g/mol. The summed E-state index contributed by atoms with van der Waals surface area (Å²) in [6, 6.07) is 8.20. The van der Waals surface area contributed by atoms with Gasteiger partial charge in [0, 0.05) is 5.75 Å². The SMILES string of the molecule is CC(C)=CCCC(C)CCSc1nc2ccccc2[nH]1. The number of thioether (sulfide) groups is 1. The van der Waals surface area contributed by atoms with Crippen molar-refractivity contribution in [1.82, 2.24) is 9.97 Å². The smallest absolute Gasteiger partial charge is 0.166 e. The van der Waals surface area contributed by atoms with Crippen molar-refractivity contribution in [2.75, 3.05) is 5.75 Å². The molecule has 3 heteroatoms. The molecule has 1 aromatic carbocycles. The normalized spacial score (nSPS) is 12.6. The Labute approximate surface area is 126 Å². The highest BCUT2D eigenvalue weighted by Gasteiger charge is 2.05. The maximum Gasteiger partial charge on any atom is 0.166 e. The Morgan fingerprint density at radius 1 is 1.30 bits per heavy atom. The predicted octanol–water partition coefficient (Wildman–Crippen LogP) is 5.43. The number of nitrogens with one attached hydrogen (secondary N) is 1. The summed E-state index contributed by atoms with van der Waals surface area (Å²) in [6.07, 6.45) is 6.08. The zero-order chi connectivity index (χ0) is 14.4. The molecule has 1 aromatic heterocycles. The van der Waals surface area contributed by atoms with Crippen molar-refractivity contribution in [2.24, 2.45) is 5.92 Å². The second-order valence-electron chi connectivity index (χ2n) is 5.66. The topological polar surface area (TPSA) is 28.7 Å². The third kappa shape index (κ3) is 4.71. The molecule has 1 atom stereocenters. The molecule has 1 N–H and O–H groups in total. The maximum atomic E-state index is 4.59. The van der Waals surface area contributed by atoms with Gasteiger partial charge in [-0.1, -0.05) is 42.5 Å². The molecule has 20 heavy (non-hydrogen) atoms. The fraction of sp³-hybridized carbons (Fsp3) is 0.471. The average Bonchev–Trinajstić information content (AvgIpc) is 2.80. The lowest BCUT2D eigenvalue weighted by molar-refractivity contribution is 0.525. The molecule has 0 aliphatic rings. The van der Waals surface area contributed by atoms with Crippen LogP contribution < -0.4 is 0 Å². The van der Waals surface area contributed by atoms with Crippen LogP contribution in [0.25, 0.3) is 11.0 Å². The van der Waals surface area contributed by atoms with Gasteiger partial charge in [0.2, 0.25) is 0 Å². The molecule has 108 valence electrons. The van der Waals surface area contributed by atoms with Crippen LogP contribution in [-0.2, 0) is 0 Å². The fourth-order valence-corrected chi connectivity index (χ4v) is 3.21. The van der Waals surface area contributed by atoms with Gasteiger partial charge in [-0.3, -0.25) is 0 Å². The lowest BCUT2D eigenvalue weighted by Gasteiger charge is -2.08. The van der Waals surface area contributed by atoms with Gasteiger partial charge in [0.1, 0.15) is 0 Å². The number of aromatic nitrogens is 2. The van der Waals surface area contributed by atoms with E-state index in [2.05, 4.69) is 48.9 Å². The molecule has 2 rings (SSSR count). The summed E-state index contributed by atoms with van der Waals surface area (Å²) in [5, 5.41) is 1.04. The van der Waals surface area contributed by atoms with Gasteiger partial charge in [0.25, 0.3) is 0 Å². The molecule has 0 saturated carbocycles. The van der Waals surface area contributed by atoms with Gasteiger partial charge in [-0.2, -0.15) is 0 Å². The van der Waals surface area contributed by atoms with Crippen LogP contribution in [0.3, 0.4) is 0 Å². The number of imidazole rings is 1. The van der Waals surface area contributed by atoms with Crippen LogP contribution in [0.4, 0.5) is 0 Å². The summed E-state index contributed by atoms with van der Waals surface area (Å²) in [5.74, 6) is 1.91. The molecule has 1 heterocycles. The monoisotopic (exact) mass is 288 g/mol. The molecule has 0 radical (unpaired) electrons. The van der Waals surface area contributed by atoms with E-state index in [0.29, 0.717) is 0 Å². The van der Waals surface area contributed by atoms with E-state index in [-0.39, 0.29) is 0 Å². The third-order valence-electron chi connectivity index (χ3n) is 3.43. The highest BCUT2D eigenvalue weighted by atomic mass is 32.2. The molecule has 0 aliphatic carbocycles. The molecule has 0 amide bonds. The van der Waals surface area contributed by atoms with Crippen molar-refractivity contribution in [3.8, 4) is 0 Å². The predicted molar refractivity (Wildman–Crippen MR) is 89.3 cm³/mol. The lowest BCUT2D eigenvalue weighted by atomic mass is 10.0. The number of hydrogen-bond donors (Lipinski definition) is 1. The largest absolute Gasteiger partial charge is 0.333 e. The highest BCUT2D eigenvalue weighted by molar-refractivity contribution is 7.99. The van der Waals surface area contributed by atoms with E-state index in [1.165, 1.54) is 24.8 Å². The Bertz CT molecular complexity index is 534. The molecular weight excluding hydrogens is 264 g/mol. The number of rotatable bonds is 7. The lowest BCUT2D eigenvalue weighted by Crippen LogP contribution is -1.96. The van der Waals surface area contributed by atoms with E-state index in [9.17, 15) is 0 Å². The van der Waals surface area contributed by atoms with Crippen molar-refractivity contribution in [1.29, 1.82) is 0 Å². The molecule has 0 spiro atoms. The van der Waals surface area contributed by atoms with E-state index < -0.39 is 0 Å². The van der Waals surface area contributed by atoms with E-state index >= 15 is 0 Å². The van der Waals surface area contributed by atoms with Crippen LogP contribution in [0.2, 0.25) is 0 Å². The molecular formula is C17H24N2S. The first-order valence-electron chi connectivity index (χ1n) is 7.36. The van der Waals surface area contributed by atoms with Gasteiger partial charge in [0.15, 0.2) is 5.16 Å². The summed E-state index contributed by atoms with van der Waals surface area (Å²) < 4.78 is 0. The molecule has 2 nitrogen and oxygen atoms in total. The molecule has 0 bridgehead atoms. The van der Waals surface area contributed by atoms with E-state index in [1.807, 2.05) is 23.9 Å². The summed E-state index contributed by atoms with van der Waals surface area (Å²) in [6.45, 7) is 6.68. The number of nitrogens with zero attached hydrogens (tertiary/aromatic N) is 1. The van der Waals surface area contributed by atoms with Crippen molar-refractivity contribution in [2.45, 2.75) is 45.2 Å². The number of H-pyrrole nitrogens is 1. The Hall–Kier alpha value is -1.22. The van der Waals surface area contributed by atoms with E-state index in [4.69, 9.17) is 0 Å². The number of allylic oxidation sites excluding steroid dienone is 2. The molecule has 0 saturated heterocycles. The first-order chi connectivity index (χ1) is 9.65. The third-order valence-corrected chi connectivity index (χ3v) is 4.34. The standard InChI is InChI=1S/C17H24N2S/c1-13(2)7-6-8-14(3)11-12-20-17-18-15-9-4-5-10-16(15)19-17/h4-5,7,9-10,14H,6,8,11-12H2,1-3H3,(H,18,19). The summed E-state index contributed by atoms with van der Waals surface area (Å²) in [4.78, 5) is 7.96. The molecule has 0 fully saturated rings. The molecule has 2 aromatic rings. The van der Waals surface area contributed by atoms with Crippen LogP contribution in [0.1, 0.15) is 40.0 Å². The minimum absolute atomic E-state index is 0.780. The number of benzene rings is 1. The maximum absolute atomic E-state index is 4.59. The van der Waals surface area contributed by atoms with Gasteiger partial charge in [-0.15, -0.1) is 0 Å². The summed E-state index contributed by atoms with van der Waals surface area (Å²) in [7, 11) is 0. The van der Waals surface area contributed by atoms with Gasteiger partial charge < -0.3 is 4.98 Å². The minimum atomic E-state index is 0.780. The zero-order valence-electron chi connectivity index (χ0n) is 12.6. The van der Waals surface area contributed by atoms with Crippen molar-refractivity contribution < 1.29 is 0 Å².